The molecular weight excluding hydrogens is 344 g/mol. The molecule has 4 aromatic heterocycles. The maximum atomic E-state index is 5.01. The van der Waals surface area contributed by atoms with Crippen molar-refractivity contribution in [3.05, 3.63) is 84.4 Å². The van der Waals surface area contributed by atoms with Crippen molar-refractivity contribution in [2.45, 2.75) is 6.42 Å². The monoisotopic (exact) mass is 358 g/mol. The fourth-order valence-electron chi connectivity index (χ4n) is 4.83. The second kappa shape index (κ2) is 4.93. The van der Waals surface area contributed by atoms with Gasteiger partial charge in [-0.2, -0.15) is 0 Å². The lowest BCUT2D eigenvalue weighted by Crippen LogP contribution is -1.95. The second-order valence-electron chi connectivity index (χ2n) is 7.38. The molecule has 7 rings (SSSR count). The first-order valence-electron chi connectivity index (χ1n) is 9.42. The predicted molar refractivity (Wildman–Crippen MR) is 112 cm³/mol. The molecule has 0 spiro atoms. The lowest BCUT2D eigenvalue weighted by molar-refractivity contribution is 1.25. The molecular formula is C24H14N4. The number of fused-ring (bicyclic) bond motifs is 12. The van der Waals surface area contributed by atoms with Gasteiger partial charge in [0, 0.05) is 23.2 Å². The molecule has 0 atom stereocenters. The van der Waals surface area contributed by atoms with E-state index in [1.807, 2.05) is 30.9 Å². The van der Waals surface area contributed by atoms with Crippen molar-refractivity contribution < 1.29 is 0 Å². The molecule has 0 saturated carbocycles. The topological polar surface area (TPSA) is 43.1 Å². The number of nitrogens with zero attached hydrogens (tertiary/aromatic N) is 4. The van der Waals surface area contributed by atoms with Crippen LogP contribution in [0.2, 0.25) is 0 Å². The van der Waals surface area contributed by atoms with E-state index in [-0.39, 0.29) is 0 Å². The van der Waals surface area contributed by atoms with Gasteiger partial charge >= 0.3 is 0 Å². The van der Waals surface area contributed by atoms with E-state index in [4.69, 9.17) is 4.98 Å². The first-order chi connectivity index (χ1) is 13.9. The highest BCUT2D eigenvalue weighted by Crippen LogP contribution is 2.43. The number of aromatic nitrogens is 4. The fourth-order valence-corrected chi connectivity index (χ4v) is 4.83. The molecule has 4 heterocycles. The van der Waals surface area contributed by atoms with Crippen molar-refractivity contribution in [2.24, 2.45) is 0 Å². The fraction of sp³-hybridized carbons (Fsp3) is 0.0417. The summed E-state index contributed by atoms with van der Waals surface area (Å²) >= 11 is 0. The van der Waals surface area contributed by atoms with Crippen molar-refractivity contribution in [2.75, 3.05) is 0 Å². The van der Waals surface area contributed by atoms with Crippen LogP contribution in [-0.2, 0) is 6.42 Å². The van der Waals surface area contributed by atoms with Gasteiger partial charge in [0.2, 0.25) is 0 Å². The van der Waals surface area contributed by atoms with Gasteiger partial charge in [0.25, 0.3) is 0 Å². The molecule has 6 aromatic rings. The van der Waals surface area contributed by atoms with Crippen LogP contribution < -0.4 is 0 Å². The van der Waals surface area contributed by atoms with Gasteiger partial charge in [-0.15, -0.1) is 0 Å². The van der Waals surface area contributed by atoms with Crippen molar-refractivity contribution in [3.8, 4) is 11.1 Å². The minimum absolute atomic E-state index is 0.910. The average molecular weight is 358 g/mol. The molecule has 0 bridgehead atoms. The zero-order valence-electron chi connectivity index (χ0n) is 14.9. The van der Waals surface area contributed by atoms with Crippen LogP contribution in [0.5, 0.6) is 0 Å². The lowest BCUT2D eigenvalue weighted by Gasteiger charge is -2.12. The number of hydrogen-bond donors (Lipinski definition) is 0. The summed E-state index contributed by atoms with van der Waals surface area (Å²) in [6, 6.07) is 17.4. The second-order valence-corrected chi connectivity index (χ2v) is 7.38. The van der Waals surface area contributed by atoms with Crippen molar-refractivity contribution in [1.29, 1.82) is 0 Å². The Kier molecular flexibility index (Phi) is 2.51. The Morgan fingerprint density at radius 2 is 1.64 bits per heavy atom. The summed E-state index contributed by atoms with van der Waals surface area (Å²) in [6.45, 7) is 0. The van der Waals surface area contributed by atoms with Crippen molar-refractivity contribution in [3.63, 3.8) is 0 Å². The number of imidazole rings is 1. The smallest absolute Gasteiger partial charge is 0.146 e. The zero-order chi connectivity index (χ0) is 18.2. The van der Waals surface area contributed by atoms with Gasteiger partial charge in [0.1, 0.15) is 11.2 Å². The molecule has 0 radical (unpaired) electrons. The third-order valence-electron chi connectivity index (χ3n) is 6.00. The maximum absolute atomic E-state index is 5.01. The molecule has 4 nitrogen and oxygen atoms in total. The van der Waals surface area contributed by atoms with E-state index in [1.165, 1.54) is 38.4 Å². The van der Waals surface area contributed by atoms with Crippen LogP contribution >= 0.6 is 0 Å². The van der Waals surface area contributed by atoms with Crippen LogP contribution in [0, 0.1) is 0 Å². The van der Waals surface area contributed by atoms with Gasteiger partial charge in [-0.25, -0.2) is 4.98 Å². The summed E-state index contributed by atoms with van der Waals surface area (Å²) in [5, 5.41) is 3.68. The Balaban J connectivity index is 1.79. The van der Waals surface area contributed by atoms with Crippen molar-refractivity contribution in [1.82, 2.24) is 19.4 Å². The third kappa shape index (κ3) is 1.63. The molecule has 0 saturated heterocycles. The Morgan fingerprint density at radius 3 is 2.64 bits per heavy atom. The van der Waals surface area contributed by atoms with E-state index >= 15 is 0 Å². The summed E-state index contributed by atoms with van der Waals surface area (Å²) in [7, 11) is 0. The molecule has 0 amide bonds. The van der Waals surface area contributed by atoms with Gasteiger partial charge in [0.15, 0.2) is 0 Å². The Bertz CT molecular complexity index is 1590. The van der Waals surface area contributed by atoms with Crippen LogP contribution in [0.25, 0.3) is 49.5 Å². The van der Waals surface area contributed by atoms with Gasteiger partial charge in [0.05, 0.1) is 23.4 Å². The molecule has 2 aromatic carbocycles. The first kappa shape index (κ1) is 14.3. The normalized spacial score (nSPS) is 12.9. The molecule has 1 aliphatic carbocycles. The molecule has 0 unspecified atom stereocenters. The largest absolute Gasteiger partial charge is 0.290 e. The molecule has 28 heavy (non-hydrogen) atoms. The van der Waals surface area contributed by atoms with Crippen LogP contribution in [-0.4, -0.2) is 19.4 Å². The van der Waals surface area contributed by atoms with Gasteiger partial charge in [-0.1, -0.05) is 36.4 Å². The standard InChI is InChI=1S/C24H14N4/c1-2-4-15-14(3-1)11-19-16(15)5-6-18-17-7-9-26-13-22(17)28-21-8-10-25-12-20(21)27-24(28)23(18)19/h1-10,12-13H,11H2. The molecule has 0 aliphatic heterocycles. The summed E-state index contributed by atoms with van der Waals surface area (Å²) in [6.07, 6.45) is 8.42. The van der Waals surface area contributed by atoms with Crippen molar-refractivity contribution >= 4 is 38.4 Å². The number of benzene rings is 2. The van der Waals surface area contributed by atoms with Crippen LogP contribution in [0.3, 0.4) is 0 Å². The third-order valence-corrected chi connectivity index (χ3v) is 6.00. The lowest BCUT2D eigenvalue weighted by atomic mass is 9.98. The highest BCUT2D eigenvalue weighted by molar-refractivity contribution is 6.16. The first-order valence-corrected chi connectivity index (χ1v) is 9.42. The van der Waals surface area contributed by atoms with Gasteiger partial charge in [-0.05, 0) is 46.2 Å². The SMILES string of the molecule is c1ccc2c(c1)Cc1c-2ccc2c3ccncc3n3c4ccncc4nc3c12. The predicted octanol–water partition coefficient (Wildman–Crippen LogP) is 5.16. The molecule has 4 heteroatoms. The molecule has 130 valence electrons. The number of rotatable bonds is 0. The van der Waals surface area contributed by atoms with E-state index in [9.17, 15) is 0 Å². The summed E-state index contributed by atoms with van der Waals surface area (Å²) in [5.41, 5.74) is 9.46. The van der Waals surface area contributed by atoms with Gasteiger partial charge < -0.3 is 0 Å². The van der Waals surface area contributed by atoms with E-state index in [0.717, 1.165) is 28.6 Å². The molecule has 0 N–H and O–H groups in total. The molecule has 0 fully saturated rings. The minimum atomic E-state index is 0.910. The zero-order valence-corrected chi connectivity index (χ0v) is 14.9. The van der Waals surface area contributed by atoms with Crippen LogP contribution in [0.4, 0.5) is 0 Å². The highest BCUT2D eigenvalue weighted by Gasteiger charge is 2.24. The number of pyridine rings is 3. The van der Waals surface area contributed by atoms with E-state index < -0.39 is 0 Å². The van der Waals surface area contributed by atoms with E-state index in [0.29, 0.717) is 0 Å². The highest BCUT2D eigenvalue weighted by atomic mass is 15.0. The van der Waals surface area contributed by atoms with Crippen LogP contribution in [0.15, 0.2) is 73.3 Å². The quantitative estimate of drug-likeness (QED) is 0.352. The Hall–Kier alpha value is -3.79. The summed E-state index contributed by atoms with van der Waals surface area (Å²) in [5.74, 6) is 0. The van der Waals surface area contributed by atoms with E-state index in [2.05, 4.69) is 56.8 Å². The van der Waals surface area contributed by atoms with Crippen LogP contribution in [0.1, 0.15) is 11.1 Å². The van der Waals surface area contributed by atoms with E-state index in [1.54, 1.807) is 0 Å². The Labute approximate surface area is 160 Å². The average Bonchev–Trinajstić information content (AvgIpc) is 3.32. The number of hydrogen-bond acceptors (Lipinski definition) is 3. The maximum Gasteiger partial charge on any atom is 0.146 e. The Morgan fingerprint density at radius 1 is 0.750 bits per heavy atom. The minimum Gasteiger partial charge on any atom is -0.290 e. The summed E-state index contributed by atoms with van der Waals surface area (Å²) < 4.78 is 2.24. The van der Waals surface area contributed by atoms with Gasteiger partial charge in [-0.3, -0.25) is 14.4 Å². The molecule has 1 aliphatic rings. The summed E-state index contributed by atoms with van der Waals surface area (Å²) in [4.78, 5) is 13.7.